The molecule has 1 heterocycles. The molecule has 0 atom stereocenters. The average molecular weight is 405 g/mol. The maximum Gasteiger partial charge on any atom is 0.409 e. The van der Waals surface area contributed by atoms with Crippen LogP contribution in [0.5, 0.6) is 5.75 Å². The molecule has 0 aromatic heterocycles. The van der Waals surface area contributed by atoms with Gasteiger partial charge in [0.1, 0.15) is 5.75 Å². The third-order valence-corrected chi connectivity index (χ3v) is 4.70. The number of Topliss-reactive ketones (excluding diaryl/α,β-unsaturated/α-hetero) is 1. The van der Waals surface area contributed by atoms with Gasteiger partial charge in [-0.05, 0) is 43.5 Å². The Hall–Kier alpha value is -2.57. The first-order valence-electron chi connectivity index (χ1n) is 10.4. The van der Waals surface area contributed by atoms with Gasteiger partial charge in [0.25, 0.3) is 0 Å². The largest absolute Gasteiger partial charge is 0.494 e. The minimum atomic E-state index is -0.321. The van der Waals surface area contributed by atoms with Crippen molar-refractivity contribution in [3.63, 3.8) is 0 Å². The van der Waals surface area contributed by atoms with Gasteiger partial charge in [-0.25, -0.2) is 4.79 Å². The Morgan fingerprint density at radius 1 is 0.966 bits per heavy atom. The molecule has 0 radical (unpaired) electrons. The van der Waals surface area contributed by atoms with Crippen molar-refractivity contribution >= 4 is 17.8 Å². The molecule has 1 aromatic carbocycles. The van der Waals surface area contributed by atoms with Crippen molar-refractivity contribution in [1.29, 1.82) is 0 Å². The van der Waals surface area contributed by atoms with Crippen LogP contribution in [0.1, 0.15) is 50.4 Å². The molecular weight excluding hydrogens is 372 g/mol. The molecule has 0 unspecified atom stereocenters. The Balaban J connectivity index is 1.78. The van der Waals surface area contributed by atoms with Crippen molar-refractivity contribution in [2.45, 2.75) is 40.0 Å². The summed E-state index contributed by atoms with van der Waals surface area (Å²) >= 11 is 0. The van der Waals surface area contributed by atoms with Crippen LogP contribution in [-0.4, -0.2) is 67.0 Å². The van der Waals surface area contributed by atoms with E-state index in [1.807, 2.05) is 20.8 Å². The highest BCUT2D eigenvalue weighted by Crippen LogP contribution is 2.15. The molecule has 2 amide bonds. The summed E-state index contributed by atoms with van der Waals surface area (Å²) in [5, 5.41) is 0. The van der Waals surface area contributed by atoms with Crippen molar-refractivity contribution < 1.29 is 23.9 Å². The van der Waals surface area contributed by atoms with E-state index in [-0.39, 0.29) is 36.5 Å². The molecule has 1 aliphatic heterocycles. The molecule has 2 rings (SSSR count). The van der Waals surface area contributed by atoms with Crippen molar-refractivity contribution in [2.24, 2.45) is 5.92 Å². The lowest BCUT2D eigenvalue weighted by atomic mass is 10.1. The molecule has 0 bridgehead atoms. The van der Waals surface area contributed by atoms with Crippen LogP contribution in [0.15, 0.2) is 24.3 Å². The second kappa shape index (κ2) is 11.4. The monoisotopic (exact) mass is 404 g/mol. The summed E-state index contributed by atoms with van der Waals surface area (Å²) in [5.74, 6) is 0.898. The highest BCUT2D eigenvalue weighted by molar-refractivity contribution is 5.98. The third kappa shape index (κ3) is 7.40. The third-order valence-electron chi connectivity index (χ3n) is 4.70. The Labute approximate surface area is 172 Å². The van der Waals surface area contributed by atoms with Crippen molar-refractivity contribution in [2.75, 3.05) is 39.4 Å². The first-order valence-corrected chi connectivity index (χ1v) is 10.4. The molecular formula is C22H32N2O5. The lowest BCUT2D eigenvalue weighted by Crippen LogP contribution is -2.38. The van der Waals surface area contributed by atoms with E-state index in [1.165, 1.54) is 0 Å². The standard InChI is InChI=1S/C22H32N2O5/c1-4-28-19-8-6-18(7-9-19)20(25)10-11-21(26)23-12-5-13-24(15-14-23)22(27)29-16-17(2)3/h6-9,17H,4-5,10-16H2,1-3H3. The zero-order valence-corrected chi connectivity index (χ0v) is 17.7. The number of amides is 2. The van der Waals surface area contributed by atoms with Crippen molar-refractivity contribution in [3.05, 3.63) is 29.8 Å². The number of rotatable bonds is 8. The molecule has 0 spiro atoms. The summed E-state index contributed by atoms with van der Waals surface area (Å²) in [4.78, 5) is 40.4. The van der Waals surface area contributed by atoms with Crippen LogP contribution in [0.3, 0.4) is 0 Å². The molecule has 1 aliphatic rings. The number of ketones is 1. The maximum absolute atomic E-state index is 12.5. The lowest BCUT2D eigenvalue weighted by molar-refractivity contribution is -0.131. The zero-order chi connectivity index (χ0) is 21.2. The molecule has 0 saturated carbocycles. The minimum Gasteiger partial charge on any atom is -0.494 e. The van der Waals surface area contributed by atoms with Gasteiger partial charge >= 0.3 is 6.09 Å². The van der Waals surface area contributed by atoms with Gasteiger partial charge in [0.15, 0.2) is 5.78 Å². The number of carbonyl (C=O) groups excluding carboxylic acids is 3. The first kappa shape index (κ1) is 22.7. The highest BCUT2D eigenvalue weighted by atomic mass is 16.6. The predicted octanol–water partition coefficient (Wildman–Crippen LogP) is 3.38. The van der Waals surface area contributed by atoms with Gasteiger partial charge in [0.05, 0.1) is 13.2 Å². The summed E-state index contributed by atoms with van der Waals surface area (Å²) < 4.78 is 10.6. The number of carbonyl (C=O) groups is 3. The van der Waals surface area contributed by atoms with E-state index in [2.05, 4.69) is 0 Å². The number of nitrogens with zero attached hydrogens (tertiary/aromatic N) is 2. The molecule has 1 fully saturated rings. The molecule has 7 nitrogen and oxygen atoms in total. The van der Waals surface area contributed by atoms with Gasteiger partial charge < -0.3 is 19.3 Å². The van der Waals surface area contributed by atoms with Crippen LogP contribution >= 0.6 is 0 Å². The molecule has 29 heavy (non-hydrogen) atoms. The van der Waals surface area contributed by atoms with Gasteiger partial charge in [-0.3, -0.25) is 9.59 Å². The van der Waals surface area contributed by atoms with E-state index < -0.39 is 0 Å². The van der Waals surface area contributed by atoms with Gasteiger partial charge in [0, 0.05) is 44.6 Å². The number of hydrogen-bond donors (Lipinski definition) is 0. The van der Waals surface area contributed by atoms with Gasteiger partial charge in [-0.2, -0.15) is 0 Å². The summed E-state index contributed by atoms with van der Waals surface area (Å²) in [6.07, 6.45) is 0.724. The van der Waals surface area contributed by atoms with Crippen LogP contribution in [0.2, 0.25) is 0 Å². The van der Waals surface area contributed by atoms with E-state index in [0.29, 0.717) is 51.4 Å². The fourth-order valence-corrected chi connectivity index (χ4v) is 3.11. The van der Waals surface area contributed by atoms with E-state index in [9.17, 15) is 14.4 Å². The lowest BCUT2D eigenvalue weighted by Gasteiger charge is -2.22. The van der Waals surface area contributed by atoms with Crippen LogP contribution in [-0.2, 0) is 9.53 Å². The Kier molecular flexibility index (Phi) is 8.96. The molecule has 1 saturated heterocycles. The fraction of sp³-hybridized carbons (Fsp3) is 0.591. The number of hydrogen-bond acceptors (Lipinski definition) is 5. The Bertz CT molecular complexity index is 687. The maximum atomic E-state index is 12.5. The fourth-order valence-electron chi connectivity index (χ4n) is 3.11. The number of benzene rings is 1. The second-order valence-electron chi connectivity index (χ2n) is 7.57. The molecule has 7 heteroatoms. The summed E-state index contributed by atoms with van der Waals surface area (Å²) in [6, 6.07) is 6.98. The first-order chi connectivity index (χ1) is 13.9. The predicted molar refractivity (Wildman–Crippen MR) is 110 cm³/mol. The minimum absolute atomic E-state index is 0.0540. The SMILES string of the molecule is CCOc1ccc(C(=O)CCC(=O)N2CCCN(C(=O)OCC(C)C)CC2)cc1. The van der Waals surface area contributed by atoms with Crippen LogP contribution in [0.25, 0.3) is 0 Å². The van der Waals surface area contributed by atoms with Crippen molar-refractivity contribution in [1.82, 2.24) is 9.80 Å². The zero-order valence-electron chi connectivity index (χ0n) is 17.7. The molecule has 160 valence electrons. The van der Waals surface area contributed by atoms with Crippen molar-refractivity contribution in [3.8, 4) is 5.75 Å². The quantitative estimate of drug-likeness (QED) is 0.621. The Morgan fingerprint density at radius 3 is 2.28 bits per heavy atom. The molecule has 1 aromatic rings. The van der Waals surface area contributed by atoms with Crippen LogP contribution in [0.4, 0.5) is 4.79 Å². The number of ether oxygens (including phenoxy) is 2. The second-order valence-corrected chi connectivity index (χ2v) is 7.57. The van der Waals surface area contributed by atoms with Crippen LogP contribution < -0.4 is 4.74 Å². The summed E-state index contributed by atoms with van der Waals surface area (Å²) in [6.45, 7) is 8.94. The van der Waals surface area contributed by atoms with E-state index in [1.54, 1.807) is 34.1 Å². The van der Waals surface area contributed by atoms with E-state index >= 15 is 0 Å². The highest BCUT2D eigenvalue weighted by Gasteiger charge is 2.23. The van der Waals surface area contributed by atoms with Gasteiger partial charge in [-0.1, -0.05) is 13.8 Å². The smallest absolute Gasteiger partial charge is 0.409 e. The van der Waals surface area contributed by atoms with E-state index in [4.69, 9.17) is 9.47 Å². The van der Waals surface area contributed by atoms with Gasteiger partial charge in [0.2, 0.25) is 5.91 Å². The summed E-state index contributed by atoms with van der Waals surface area (Å²) in [7, 11) is 0. The Morgan fingerprint density at radius 2 is 1.62 bits per heavy atom. The molecule has 0 aliphatic carbocycles. The van der Waals surface area contributed by atoms with Gasteiger partial charge in [-0.15, -0.1) is 0 Å². The average Bonchev–Trinajstić information content (AvgIpc) is 2.97. The normalized spacial score (nSPS) is 14.5. The van der Waals surface area contributed by atoms with Crippen LogP contribution in [0, 0.1) is 5.92 Å². The molecule has 0 N–H and O–H groups in total. The topological polar surface area (TPSA) is 76.2 Å². The summed E-state index contributed by atoms with van der Waals surface area (Å²) in [5.41, 5.74) is 0.580. The van der Waals surface area contributed by atoms with E-state index in [0.717, 1.165) is 5.75 Å².